The average Bonchev–Trinajstić information content (AvgIpc) is 2.78. The molecule has 178 valence electrons. The van der Waals surface area contributed by atoms with Crippen LogP contribution in [-0.2, 0) is 11.8 Å². The number of nitrogens with zero attached hydrogens (tertiary/aromatic N) is 3. The maximum atomic E-state index is 7.74. The smallest absolute Gasteiger partial charge is 0.349 e. The summed E-state index contributed by atoms with van der Waals surface area (Å²) in [4.78, 5) is 2.28. The van der Waals surface area contributed by atoms with Crippen LogP contribution < -0.4 is 8.03 Å². The summed E-state index contributed by atoms with van der Waals surface area (Å²) in [5.74, 6) is 0.401. The second kappa shape index (κ2) is 8.35. The Morgan fingerprint density at radius 2 is 1.67 bits per heavy atom. The monoisotopic (exact) mass is 503 g/mol. The molecule has 0 saturated carbocycles. The maximum Gasteiger partial charge on any atom is 0.349 e. The van der Waals surface area contributed by atoms with Crippen molar-refractivity contribution in [3.63, 3.8) is 0 Å². The van der Waals surface area contributed by atoms with Gasteiger partial charge in [0, 0.05) is 55.1 Å². The zero-order chi connectivity index (χ0) is 23.6. The number of quaternary nitrogens is 2. The highest BCUT2D eigenvalue weighted by molar-refractivity contribution is 8.16. The number of hydrogen-bond acceptors (Lipinski definition) is 2. The van der Waals surface area contributed by atoms with Crippen LogP contribution in [0.4, 0.5) is 11.4 Å². The SMILES string of the molecule is CCCCCCCCCCC1C2=Cc3ccc4cc3[N+]3(Cl)C2=CC(N(C)C)=C1P3(=S)[N+]4(C)C. The Morgan fingerprint density at radius 3 is 2.33 bits per heavy atom. The molecule has 3 nitrogen and oxygen atoms in total. The van der Waals surface area contributed by atoms with Gasteiger partial charge in [-0.25, -0.2) is 4.25 Å². The third kappa shape index (κ3) is 3.10. The van der Waals surface area contributed by atoms with Crippen LogP contribution in [0.3, 0.4) is 0 Å². The summed E-state index contributed by atoms with van der Waals surface area (Å²) in [6.45, 7) is 2.29. The summed E-state index contributed by atoms with van der Waals surface area (Å²) < 4.78 is 1.02. The van der Waals surface area contributed by atoms with Gasteiger partial charge >= 0.3 is 6.34 Å². The fraction of sp³-hybridized carbons (Fsp3) is 0.556. The third-order valence-electron chi connectivity index (χ3n) is 8.33. The Morgan fingerprint density at radius 1 is 1.00 bits per heavy atom. The summed E-state index contributed by atoms with van der Waals surface area (Å²) in [6, 6.07) is 6.86. The lowest BCUT2D eigenvalue weighted by molar-refractivity contribution is 0.468. The quantitative estimate of drug-likeness (QED) is 0.179. The second-order valence-electron chi connectivity index (χ2n) is 10.8. The van der Waals surface area contributed by atoms with E-state index in [-0.39, 0.29) is 0 Å². The molecule has 0 N–H and O–H groups in total. The van der Waals surface area contributed by atoms with Gasteiger partial charge in [0.05, 0.1) is 25.9 Å². The van der Waals surface area contributed by atoms with Crippen molar-refractivity contribution in [2.75, 3.05) is 28.2 Å². The number of allylic oxidation sites excluding steroid dienone is 3. The van der Waals surface area contributed by atoms with Gasteiger partial charge in [0.1, 0.15) is 11.0 Å². The van der Waals surface area contributed by atoms with Crippen LogP contribution in [0.1, 0.15) is 70.3 Å². The first-order chi connectivity index (χ1) is 15.7. The van der Waals surface area contributed by atoms with E-state index in [1.165, 1.54) is 97.0 Å². The highest BCUT2D eigenvalue weighted by atomic mass is 35.5. The molecule has 3 atom stereocenters. The van der Waals surface area contributed by atoms with Crippen LogP contribution in [0.5, 0.6) is 0 Å². The Bertz CT molecular complexity index is 1130. The molecule has 5 aliphatic rings. The minimum absolute atomic E-state index is 0.324. The molecule has 0 aromatic heterocycles. The van der Waals surface area contributed by atoms with Crippen molar-refractivity contribution in [2.24, 2.45) is 5.92 Å². The van der Waals surface area contributed by atoms with Gasteiger partial charge in [-0.3, -0.25) is 0 Å². The normalized spacial score (nSPS) is 29.9. The topological polar surface area (TPSA) is 3.24 Å². The molecule has 1 aliphatic carbocycles. The average molecular weight is 504 g/mol. The number of halogens is 1. The van der Waals surface area contributed by atoms with Gasteiger partial charge in [-0.2, -0.15) is 0 Å². The van der Waals surface area contributed by atoms with E-state index in [1.807, 2.05) is 0 Å². The Labute approximate surface area is 210 Å². The molecule has 0 spiro atoms. The fourth-order valence-corrected chi connectivity index (χ4v) is 13.0. The van der Waals surface area contributed by atoms with Gasteiger partial charge < -0.3 is 4.90 Å². The second-order valence-corrected chi connectivity index (χ2v) is 16.3. The zero-order valence-corrected chi connectivity index (χ0v) is 23.4. The number of hydrogen-bond donors (Lipinski definition) is 0. The van der Waals surface area contributed by atoms with Crippen molar-refractivity contribution in [1.82, 2.24) is 12.9 Å². The van der Waals surface area contributed by atoms with Crippen LogP contribution in [-0.4, -0.2) is 33.1 Å². The molecule has 6 heteroatoms. The zero-order valence-electron chi connectivity index (χ0n) is 20.9. The van der Waals surface area contributed by atoms with E-state index in [1.54, 1.807) is 0 Å². The Balaban J connectivity index is 1.51. The summed E-state index contributed by atoms with van der Waals surface area (Å²) in [6.07, 6.45) is 14.5. The van der Waals surface area contributed by atoms with Crippen molar-refractivity contribution < 1.29 is 0 Å². The molecule has 1 saturated heterocycles. The van der Waals surface area contributed by atoms with E-state index in [0.29, 0.717) is 13.9 Å². The van der Waals surface area contributed by atoms with Crippen molar-refractivity contribution in [2.45, 2.75) is 64.7 Å². The van der Waals surface area contributed by atoms with E-state index in [4.69, 9.17) is 23.6 Å². The van der Waals surface area contributed by atoms with Crippen LogP contribution >= 0.6 is 18.1 Å². The minimum atomic E-state index is -2.29. The summed E-state index contributed by atoms with van der Waals surface area (Å²) in [7, 11) is 8.94. The molecular formula is C27H39ClN3PS+2. The Kier molecular flexibility index (Phi) is 6.03. The van der Waals surface area contributed by atoms with Crippen LogP contribution in [0.25, 0.3) is 6.08 Å². The molecule has 3 unspecified atom stereocenters. The van der Waals surface area contributed by atoms with E-state index in [2.05, 4.69) is 70.4 Å². The predicted molar refractivity (Wildman–Crippen MR) is 150 cm³/mol. The van der Waals surface area contributed by atoms with Crippen molar-refractivity contribution >= 4 is 47.4 Å². The molecule has 0 amide bonds. The lowest BCUT2D eigenvalue weighted by Gasteiger charge is -2.58. The summed E-state index contributed by atoms with van der Waals surface area (Å²) in [5, 5.41) is 1.46. The van der Waals surface area contributed by atoms with E-state index < -0.39 is 6.34 Å². The van der Waals surface area contributed by atoms with E-state index in [9.17, 15) is 0 Å². The largest absolute Gasteiger partial charge is 0.377 e. The van der Waals surface area contributed by atoms with Crippen LogP contribution in [0.15, 0.2) is 46.6 Å². The first kappa shape index (κ1) is 23.8. The lowest BCUT2D eigenvalue weighted by atomic mass is 9.82. The molecule has 4 aliphatic heterocycles. The molecule has 0 radical (unpaired) electrons. The number of likely N-dealkylation sites (N-methyl/N-ethyl adjacent to an activating group) is 1. The molecule has 4 heterocycles. The summed E-state index contributed by atoms with van der Waals surface area (Å²) in [5.41, 5.74) is 7.76. The number of rotatable bonds is 10. The Hall–Kier alpha value is -0.900. The predicted octanol–water partition coefficient (Wildman–Crippen LogP) is 8.27. The number of unbranched alkanes of at least 4 members (excludes halogenated alkanes) is 7. The van der Waals surface area contributed by atoms with Crippen molar-refractivity contribution in [3.05, 3.63) is 52.1 Å². The third-order valence-corrected chi connectivity index (χ3v) is 16.1. The highest BCUT2D eigenvalue weighted by Gasteiger charge is 2.73. The van der Waals surface area contributed by atoms with Crippen molar-refractivity contribution in [1.29, 1.82) is 0 Å². The fourth-order valence-electron chi connectivity index (χ4n) is 6.43. The minimum Gasteiger partial charge on any atom is -0.377 e. The molecule has 1 aromatic carbocycles. The van der Waals surface area contributed by atoms with Gasteiger partial charge in [0.15, 0.2) is 23.2 Å². The molecule has 33 heavy (non-hydrogen) atoms. The molecule has 6 bridgehead atoms. The standard InChI is InChI=1S/C27H39ClN3PS/c1-6-7-8-9-10-11-12-13-14-22-23-17-20-15-16-21-18-25(20)31(28)26(23)19-24(29(2)3)27(22)32(31,33)30(21,4)5/h15-19,22H,6-14H2,1-5H3/q+2. The van der Waals surface area contributed by atoms with Gasteiger partial charge in [-0.15, -0.1) is 0 Å². The maximum absolute atomic E-state index is 7.74. The van der Waals surface area contributed by atoms with E-state index in [0.717, 1.165) is 0 Å². The van der Waals surface area contributed by atoms with Gasteiger partial charge in [-0.05, 0) is 18.6 Å². The van der Waals surface area contributed by atoms with E-state index >= 15 is 0 Å². The highest BCUT2D eigenvalue weighted by Crippen LogP contribution is 2.84. The molecule has 1 fully saturated rings. The molecular weight excluding hydrogens is 465 g/mol. The van der Waals surface area contributed by atoms with Gasteiger partial charge in [-0.1, -0.05) is 62.1 Å². The molecule has 1 aromatic rings. The number of fused-ring (bicyclic) bond motifs is 2. The lowest BCUT2D eigenvalue weighted by Crippen LogP contribution is -2.58. The van der Waals surface area contributed by atoms with Crippen LogP contribution in [0, 0.1) is 5.92 Å². The first-order valence-electron chi connectivity index (χ1n) is 12.7. The van der Waals surface area contributed by atoms with Crippen LogP contribution in [0.2, 0.25) is 0 Å². The van der Waals surface area contributed by atoms with Crippen molar-refractivity contribution in [3.8, 4) is 0 Å². The van der Waals surface area contributed by atoms with Gasteiger partial charge in [0.2, 0.25) is 0 Å². The molecule has 6 rings (SSSR count). The summed E-state index contributed by atoms with van der Waals surface area (Å²) >= 11 is 14.6. The number of benzene rings is 1. The first-order valence-corrected chi connectivity index (χ1v) is 15.8. The van der Waals surface area contributed by atoms with Gasteiger partial charge in [0.25, 0.3) is 0 Å².